The second kappa shape index (κ2) is 11.1. The summed E-state index contributed by atoms with van der Waals surface area (Å²) < 4.78 is 10.7. The van der Waals surface area contributed by atoms with Crippen LogP contribution in [0.5, 0.6) is 11.5 Å². The van der Waals surface area contributed by atoms with Gasteiger partial charge >= 0.3 is 0 Å². The zero-order valence-corrected chi connectivity index (χ0v) is 22.0. The molecule has 0 radical (unpaired) electrons. The molecule has 0 saturated heterocycles. The van der Waals surface area contributed by atoms with Gasteiger partial charge in [-0.25, -0.2) is 4.98 Å². The topological polar surface area (TPSA) is 83.6 Å². The van der Waals surface area contributed by atoms with E-state index in [9.17, 15) is 0 Å². The lowest BCUT2D eigenvalue weighted by atomic mass is 9.91. The third kappa shape index (κ3) is 5.97. The van der Waals surface area contributed by atoms with Gasteiger partial charge < -0.3 is 30.3 Å². The zero-order valence-electron chi connectivity index (χ0n) is 20.4. The number of benzene rings is 2. The number of nitrogens with zero attached hydrogens (tertiary/aromatic N) is 3. The molecule has 10 heteroatoms. The van der Waals surface area contributed by atoms with Crippen molar-refractivity contribution in [3.8, 4) is 11.5 Å². The van der Waals surface area contributed by atoms with Gasteiger partial charge in [-0.2, -0.15) is 4.98 Å². The average Bonchev–Trinajstić information content (AvgIpc) is 2.85. The lowest BCUT2D eigenvalue weighted by molar-refractivity contribution is 0.387. The van der Waals surface area contributed by atoms with Crippen molar-refractivity contribution < 1.29 is 9.47 Å². The van der Waals surface area contributed by atoms with Crippen molar-refractivity contribution in [2.45, 2.75) is 37.8 Å². The van der Waals surface area contributed by atoms with E-state index in [-0.39, 0.29) is 6.04 Å². The fourth-order valence-electron chi connectivity index (χ4n) is 4.33. The molecule has 3 aromatic rings. The third-order valence-corrected chi connectivity index (χ3v) is 6.64. The van der Waals surface area contributed by atoms with Crippen LogP contribution in [0.15, 0.2) is 36.4 Å². The van der Waals surface area contributed by atoms with Crippen molar-refractivity contribution in [3.63, 3.8) is 0 Å². The van der Waals surface area contributed by atoms with Crippen molar-refractivity contribution in [1.29, 1.82) is 0 Å². The fourth-order valence-corrected chi connectivity index (χ4v) is 4.85. The molecule has 0 bridgehead atoms. The summed E-state index contributed by atoms with van der Waals surface area (Å²) in [5, 5.41) is 12.2. The Kier molecular flexibility index (Phi) is 7.97. The molecule has 0 amide bonds. The van der Waals surface area contributed by atoms with Crippen LogP contribution in [0.25, 0.3) is 10.9 Å². The molecule has 35 heavy (non-hydrogen) atoms. The maximum Gasteiger partial charge on any atom is 0.225 e. The van der Waals surface area contributed by atoms with E-state index >= 15 is 0 Å². The van der Waals surface area contributed by atoms with Crippen LogP contribution in [-0.4, -0.2) is 55.5 Å². The Balaban J connectivity index is 1.33. The maximum atomic E-state index is 6.27. The van der Waals surface area contributed by atoms with Crippen LogP contribution in [0.3, 0.4) is 0 Å². The Morgan fingerprint density at radius 1 is 1.00 bits per heavy atom. The molecule has 0 spiro atoms. The number of methoxy groups -OCH3 is 2. The van der Waals surface area contributed by atoms with E-state index in [1.54, 1.807) is 26.4 Å². The number of ether oxygens (including phenoxy) is 2. The average molecular weight is 515 g/mol. The summed E-state index contributed by atoms with van der Waals surface area (Å²) in [6.45, 7) is 0. The highest BCUT2D eigenvalue weighted by Crippen LogP contribution is 2.36. The summed E-state index contributed by atoms with van der Waals surface area (Å²) in [5.41, 5.74) is 1.63. The van der Waals surface area contributed by atoms with E-state index in [2.05, 4.69) is 22.0 Å². The number of anilines is 3. The molecule has 4 rings (SSSR count). The molecular formula is C25H31ClN6O2S. The minimum atomic E-state index is 0.280. The minimum Gasteiger partial charge on any atom is -0.495 e. The molecule has 3 N–H and O–H groups in total. The Labute approximate surface area is 216 Å². The summed E-state index contributed by atoms with van der Waals surface area (Å²) in [6.07, 6.45) is 3.94. The molecule has 1 heterocycles. The van der Waals surface area contributed by atoms with Crippen molar-refractivity contribution in [3.05, 3.63) is 41.4 Å². The number of hydrogen-bond acceptors (Lipinski definition) is 7. The summed E-state index contributed by atoms with van der Waals surface area (Å²) >= 11 is 11.8. The molecular weight excluding hydrogens is 484 g/mol. The summed E-state index contributed by atoms with van der Waals surface area (Å²) in [5.74, 6) is 2.74. The lowest BCUT2D eigenvalue weighted by Crippen LogP contribution is -2.42. The number of fused-ring (bicyclic) bond motifs is 1. The van der Waals surface area contributed by atoms with Crippen LogP contribution in [0.1, 0.15) is 25.7 Å². The SMILES string of the molecule is COc1cc(OC)c(NC(=S)NC2CCC(Nc3nc(N(C)C)c4ccccc4n3)CC2)cc1Cl. The van der Waals surface area contributed by atoms with Crippen LogP contribution in [0, 0.1) is 0 Å². The number of hydrogen-bond donors (Lipinski definition) is 3. The zero-order chi connectivity index (χ0) is 24.9. The number of halogens is 1. The van der Waals surface area contributed by atoms with Gasteiger partial charge in [0.2, 0.25) is 5.95 Å². The number of rotatable bonds is 7. The monoisotopic (exact) mass is 514 g/mol. The first-order chi connectivity index (χ1) is 16.9. The number of thiocarbonyl (C=S) groups is 1. The molecule has 1 aliphatic carbocycles. The Morgan fingerprint density at radius 3 is 2.37 bits per heavy atom. The maximum absolute atomic E-state index is 6.27. The predicted molar refractivity (Wildman–Crippen MR) is 147 cm³/mol. The third-order valence-electron chi connectivity index (χ3n) is 6.12. The first-order valence-electron chi connectivity index (χ1n) is 11.6. The van der Waals surface area contributed by atoms with Gasteiger partial charge in [-0.15, -0.1) is 0 Å². The second-order valence-corrected chi connectivity index (χ2v) is 9.58. The van der Waals surface area contributed by atoms with E-state index < -0.39 is 0 Å². The molecule has 1 saturated carbocycles. The normalized spacial score (nSPS) is 17.5. The number of aromatic nitrogens is 2. The highest BCUT2D eigenvalue weighted by Gasteiger charge is 2.23. The number of para-hydroxylation sites is 1. The van der Waals surface area contributed by atoms with Crippen LogP contribution in [0.2, 0.25) is 5.02 Å². The van der Waals surface area contributed by atoms with E-state index in [0.717, 1.165) is 42.4 Å². The molecule has 0 aliphatic heterocycles. The Morgan fingerprint density at radius 2 is 1.69 bits per heavy atom. The van der Waals surface area contributed by atoms with E-state index in [4.69, 9.17) is 43.3 Å². The van der Waals surface area contributed by atoms with E-state index in [1.165, 1.54) is 0 Å². The summed E-state index contributed by atoms with van der Waals surface area (Å²) in [7, 11) is 7.17. The number of nitrogens with one attached hydrogen (secondary N) is 3. The van der Waals surface area contributed by atoms with Gasteiger partial charge in [-0.05, 0) is 56.1 Å². The molecule has 0 atom stereocenters. The Bertz CT molecular complexity index is 1200. The molecule has 1 fully saturated rings. The van der Waals surface area contributed by atoms with Crippen LogP contribution in [-0.2, 0) is 0 Å². The van der Waals surface area contributed by atoms with Gasteiger partial charge in [-0.1, -0.05) is 23.7 Å². The minimum absolute atomic E-state index is 0.280. The molecule has 1 aromatic heterocycles. The first-order valence-corrected chi connectivity index (χ1v) is 12.4. The fraction of sp³-hybridized carbons (Fsp3) is 0.400. The smallest absolute Gasteiger partial charge is 0.225 e. The largest absolute Gasteiger partial charge is 0.495 e. The molecule has 8 nitrogen and oxygen atoms in total. The van der Waals surface area contributed by atoms with Crippen molar-refractivity contribution >= 4 is 57.3 Å². The van der Waals surface area contributed by atoms with Crippen LogP contribution < -0.4 is 30.3 Å². The van der Waals surface area contributed by atoms with Crippen LogP contribution >= 0.6 is 23.8 Å². The molecule has 2 aromatic carbocycles. The molecule has 186 valence electrons. The summed E-state index contributed by atoms with van der Waals surface area (Å²) in [6, 6.07) is 12.2. The van der Waals surface area contributed by atoms with Crippen molar-refractivity contribution in [2.24, 2.45) is 0 Å². The van der Waals surface area contributed by atoms with E-state index in [0.29, 0.717) is 39.3 Å². The van der Waals surface area contributed by atoms with Crippen molar-refractivity contribution in [2.75, 3.05) is 43.8 Å². The van der Waals surface area contributed by atoms with E-state index in [1.807, 2.05) is 37.2 Å². The summed E-state index contributed by atoms with van der Waals surface area (Å²) in [4.78, 5) is 11.5. The highest BCUT2D eigenvalue weighted by molar-refractivity contribution is 7.80. The van der Waals surface area contributed by atoms with Gasteiger partial charge in [0, 0.05) is 37.6 Å². The Hall–Kier alpha value is -3.04. The van der Waals surface area contributed by atoms with Gasteiger partial charge in [0.15, 0.2) is 5.11 Å². The van der Waals surface area contributed by atoms with Crippen LogP contribution in [0.4, 0.5) is 17.5 Å². The molecule has 0 unspecified atom stereocenters. The molecule has 1 aliphatic rings. The van der Waals surface area contributed by atoms with Gasteiger partial charge in [0.25, 0.3) is 0 Å². The highest BCUT2D eigenvalue weighted by atomic mass is 35.5. The second-order valence-electron chi connectivity index (χ2n) is 8.76. The van der Waals surface area contributed by atoms with Gasteiger partial charge in [-0.3, -0.25) is 0 Å². The standard InChI is InChI=1S/C25H31ClN6O2S/c1-32(2)23-17-7-5-6-8-19(17)29-24(31-23)27-15-9-11-16(12-10-15)28-25(35)30-20-13-18(26)21(33-3)14-22(20)34-4/h5-8,13-16H,9-12H2,1-4H3,(H,27,29,31)(H2,28,30,35). The van der Waals surface area contributed by atoms with Crippen molar-refractivity contribution in [1.82, 2.24) is 15.3 Å². The predicted octanol–water partition coefficient (Wildman–Crippen LogP) is 5.08. The van der Waals surface area contributed by atoms with Gasteiger partial charge in [0.1, 0.15) is 17.3 Å². The quantitative estimate of drug-likeness (QED) is 0.374. The first kappa shape index (κ1) is 25.1. The van der Waals surface area contributed by atoms with Gasteiger partial charge in [0.05, 0.1) is 30.4 Å². The lowest BCUT2D eigenvalue weighted by Gasteiger charge is -2.30.